The number of likely N-dealkylation sites (tertiary alicyclic amines) is 1. The third-order valence-corrected chi connectivity index (χ3v) is 6.23. The quantitative estimate of drug-likeness (QED) is 0.314. The van der Waals surface area contributed by atoms with E-state index in [0.29, 0.717) is 17.7 Å². The summed E-state index contributed by atoms with van der Waals surface area (Å²) < 4.78 is 0. The molecule has 1 unspecified atom stereocenters. The number of fused-ring (bicyclic) bond motifs is 1. The van der Waals surface area contributed by atoms with Gasteiger partial charge in [-0.3, -0.25) is 9.79 Å². The summed E-state index contributed by atoms with van der Waals surface area (Å²) in [5.74, 6) is 2.41. The van der Waals surface area contributed by atoms with E-state index in [0.717, 1.165) is 57.9 Å². The number of hydrogen-bond acceptors (Lipinski definition) is 2. The molecule has 0 spiro atoms. The van der Waals surface area contributed by atoms with Crippen molar-refractivity contribution in [3.63, 3.8) is 0 Å². The predicted molar refractivity (Wildman–Crippen MR) is 132 cm³/mol. The van der Waals surface area contributed by atoms with E-state index in [1.165, 1.54) is 24.1 Å². The predicted octanol–water partition coefficient (Wildman–Crippen LogP) is 4.62. The van der Waals surface area contributed by atoms with Crippen LogP contribution in [0.1, 0.15) is 64.4 Å². The monoisotopic (exact) mass is 512 g/mol. The number of nitrogens with one attached hydrogen (secondary N) is 1. The molecule has 1 atom stereocenters. The summed E-state index contributed by atoms with van der Waals surface area (Å²) in [7, 11) is 0. The molecule has 162 valence electrons. The Bertz CT molecular complexity index is 689. The van der Waals surface area contributed by atoms with Crippen LogP contribution < -0.4 is 10.2 Å². The maximum Gasteiger partial charge on any atom is 0.222 e. The number of guanidine groups is 1. The van der Waals surface area contributed by atoms with Crippen LogP contribution in [0.25, 0.3) is 0 Å². The molecule has 1 saturated heterocycles. The minimum absolute atomic E-state index is 0. The number of rotatable bonds is 8. The van der Waals surface area contributed by atoms with E-state index in [-0.39, 0.29) is 24.0 Å². The molecule has 1 amide bonds. The molecule has 29 heavy (non-hydrogen) atoms. The second-order valence-corrected chi connectivity index (χ2v) is 8.02. The van der Waals surface area contributed by atoms with Gasteiger partial charge in [-0.05, 0) is 37.3 Å². The molecule has 6 heteroatoms. The molecule has 2 aliphatic rings. The first-order valence-electron chi connectivity index (χ1n) is 11.1. The molecule has 2 aliphatic heterocycles. The lowest BCUT2D eigenvalue weighted by Crippen LogP contribution is -2.41. The molecule has 1 fully saturated rings. The number of para-hydroxylation sites is 1. The molecule has 0 saturated carbocycles. The Labute approximate surface area is 193 Å². The number of halogens is 1. The minimum Gasteiger partial charge on any atom is -0.356 e. The molecule has 0 radical (unpaired) electrons. The van der Waals surface area contributed by atoms with Crippen LogP contribution in [0, 0.1) is 5.92 Å². The molecule has 0 aliphatic carbocycles. The van der Waals surface area contributed by atoms with E-state index in [4.69, 9.17) is 4.99 Å². The molecule has 0 aromatic heterocycles. The van der Waals surface area contributed by atoms with Crippen LogP contribution in [-0.2, 0) is 4.79 Å². The number of aliphatic imine (C=N–C) groups is 1. The lowest BCUT2D eigenvalue weighted by atomic mass is 9.98. The number of anilines is 1. The van der Waals surface area contributed by atoms with Gasteiger partial charge in [-0.1, -0.05) is 44.9 Å². The van der Waals surface area contributed by atoms with Crippen molar-refractivity contribution in [2.24, 2.45) is 10.9 Å². The third kappa shape index (κ3) is 5.86. The maximum absolute atomic E-state index is 12.0. The van der Waals surface area contributed by atoms with Crippen LogP contribution in [0.3, 0.4) is 0 Å². The van der Waals surface area contributed by atoms with Gasteiger partial charge in [0.1, 0.15) is 0 Å². The number of amides is 1. The van der Waals surface area contributed by atoms with Crippen molar-refractivity contribution in [2.45, 2.75) is 58.8 Å². The molecule has 2 heterocycles. The molecule has 5 nitrogen and oxygen atoms in total. The first-order chi connectivity index (χ1) is 13.7. The second kappa shape index (κ2) is 11.8. The van der Waals surface area contributed by atoms with Gasteiger partial charge in [-0.15, -0.1) is 24.0 Å². The van der Waals surface area contributed by atoms with Gasteiger partial charge < -0.3 is 15.1 Å². The number of carbonyl (C=O) groups is 1. The van der Waals surface area contributed by atoms with Crippen molar-refractivity contribution in [3.8, 4) is 0 Å². The molecule has 0 bridgehead atoms. The SMILES string of the molecule is CCNC(=NCC(CC)CC)N1CC(CCN2CCCC2=O)c2ccccc21.I. The summed E-state index contributed by atoms with van der Waals surface area (Å²) in [6.07, 6.45) is 5.09. The van der Waals surface area contributed by atoms with E-state index < -0.39 is 0 Å². The first kappa shape index (κ1) is 24.0. The lowest BCUT2D eigenvalue weighted by molar-refractivity contribution is -0.127. The average molecular weight is 512 g/mol. The lowest BCUT2D eigenvalue weighted by Gasteiger charge is -2.24. The molecule has 3 rings (SSSR count). The van der Waals surface area contributed by atoms with Gasteiger partial charge in [0.05, 0.1) is 0 Å². The molecule has 1 aromatic rings. The Hall–Kier alpha value is -1.31. The zero-order valence-corrected chi connectivity index (χ0v) is 20.5. The summed E-state index contributed by atoms with van der Waals surface area (Å²) in [5, 5.41) is 3.51. The first-order valence-corrected chi connectivity index (χ1v) is 11.1. The van der Waals surface area contributed by atoms with Crippen molar-refractivity contribution in [1.29, 1.82) is 0 Å². The molecule has 1 N–H and O–H groups in total. The van der Waals surface area contributed by atoms with Crippen molar-refractivity contribution in [2.75, 3.05) is 37.6 Å². The third-order valence-electron chi connectivity index (χ3n) is 6.23. The highest BCUT2D eigenvalue weighted by molar-refractivity contribution is 14.0. The van der Waals surface area contributed by atoms with Gasteiger partial charge in [-0.2, -0.15) is 0 Å². The smallest absolute Gasteiger partial charge is 0.222 e. The fraction of sp³-hybridized carbons (Fsp3) is 0.652. The average Bonchev–Trinajstić information content (AvgIpc) is 3.29. The molecular weight excluding hydrogens is 475 g/mol. The van der Waals surface area contributed by atoms with Crippen LogP contribution in [-0.4, -0.2) is 49.5 Å². The summed E-state index contributed by atoms with van der Waals surface area (Å²) in [6, 6.07) is 8.70. The Balaban J connectivity index is 0.00000300. The maximum atomic E-state index is 12.0. The van der Waals surface area contributed by atoms with Gasteiger partial charge >= 0.3 is 0 Å². The minimum atomic E-state index is 0. The van der Waals surface area contributed by atoms with E-state index in [9.17, 15) is 4.79 Å². The van der Waals surface area contributed by atoms with Crippen LogP contribution >= 0.6 is 24.0 Å². The number of carbonyl (C=O) groups excluding carboxylic acids is 1. The van der Waals surface area contributed by atoms with Gasteiger partial charge in [0, 0.05) is 50.7 Å². The van der Waals surface area contributed by atoms with E-state index in [1.54, 1.807) is 0 Å². The van der Waals surface area contributed by atoms with Crippen LogP contribution in [0.5, 0.6) is 0 Å². The molecular formula is C23H37IN4O. The van der Waals surface area contributed by atoms with Gasteiger partial charge in [0.2, 0.25) is 5.91 Å². The zero-order valence-electron chi connectivity index (χ0n) is 18.2. The largest absolute Gasteiger partial charge is 0.356 e. The number of nitrogens with zero attached hydrogens (tertiary/aromatic N) is 3. The van der Waals surface area contributed by atoms with Gasteiger partial charge in [0.15, 0.2) is 5.96 Å². The highest BCUT2D eigenvalue weighted by atomic mass is 127. The Morgan fingerprint density at radius 1 is 1.24 bits per heavy atom. The number of hydrogen-bond donors (Lipinski definition) is 1. The van der Waals surface area contributed by atoms with E-state index >= 15 is 0 Å². The summed E-state index contributed by atoms with van der Waals surface area (Å²) in [6.45, 7) is 11.1. The second-order valence-electron chi connectivity index (χ2n) is 8.02. The normalized spacial score (nSPS) is 19.0. The van der Waals surface area contributed by atoms with Crippen LogP contribution in [0.15, 0.2) is 29.3 Å². The van der Waals surface area contributed by atoms with Gasteiger partial charge in [-0.25, -0.2) is 0 Å². The van der Waals surface area contributed by atoms with Gasteiger partial charge in [0.25, 0.3) is 0 Å². The summed E-state index contributed by atoms with van der Waals surface area (Å²) in [5.41, 5.74) is 2.66. The Morgan fingerprint density at radius 2 is 2.00 bits per heavy atom. The van der Waals surface area contributed by atoms with Crippen molar-refractivity contribution in [1.82, 2.24) is 10.2 Å². The Morgan fingerprint density at radius 3 is 2.66 bits per heavy atom. The van der Waals surface area contributed by atoms with Crippen molar-refractivity contribution in [3.05, 3.63) is 29.8 Å². The fourth-order valence-corrected chi connectivity index (χ4v) is 4.35. The Kier molecular flexibility index (Phi) is 9.72. The van der Waals surface area contributed by atoms with E-state index in [2.05, 4.69) is 55.3 Å². The highest BCUT2D eigenvalue weighted by Crippen LogP contribution is 2.38. The standard InChI is InChI=1S/C23H36N4O.HI/c1-4-18(5-2)16-25-23(24-6-3)27-17-19(20-10-7-8-11-21(20)27)13-15-26-14-9-12-22(26)28;/h7-8,10-11,18-19H,4-6,9,12-17H2,1-3H3,(H,24,25);1H. The van der Waals surface area contributed by atoms with Crippen LogP contribution in [0.4, 0.5) is 5.69 Å². The fourth-order valence-electron chi connectivity index (χ4n) is 4.35. The van der Waals surface area contributed by atoms with Crippen molar-refractivity contribution < 1.29 is 4.79 Å². The van der Waals surface area contributed by atoms with Crippen molar-refractivity contribution >= 4 is 41.5 Å². The molecule has 1 aromatic carbocycles. The van der Waals surface area contributed by atoms with E-state index in [1.807, 2.05) is 4.90 Å². The number of benzene rings is 1. The topological polar surface area (TPSA) is 47.9 Å². The summed E-state index contributed by atoms with van der Waals surface area (Å²) >= 11 is 0. The zero-order chi connectivity index (χ0) is 19.9. The summed E-state index contributed by atoms with van der Waals surface area (Å²) in [4.78, 5) is 21.4. The van der Waals surface area contributed by atoms with Crippen LogP contribution in [0.2, 0.25) is 0 Å². The highest BCUT2D eigenvalue weighted by Gasteiger charge is 2.32.